The first-order chi connectivity index (χ1) is 13.2. The summed E-state index contributed by atoms with van der Waals surface area (Å²) in [5, 5.41) is 6.30. The van der Waals surface area contributed by atoms with Crippen molar-refractivity contribution in [2.75, 3.05) is 63.9 Å². The minimum Gasteiger partial charge on any atom is -0.486 e. The van der Waals surface area contributed by atoms with Crippen molar-refractivity contribution in [3.63, 3.8) is 0 Å². The molecule has 2 amide bonds. The molecule has 154 valence electrons. The first-order valence-corrected chi connectivity index (χ1v) is 9.61. The number of hydrogen-bond acceptors (Lipinski definition) is 6. The van der Waals surface area contributed by atoms with E-state index < -0.39 is 0 Å². The molecule has 9 heteroatoms. The van der Waals surface area contributed by atoms with Gasteiger partial charge in [0.05, 0.1) is 5.92 Å². The number of halogens is 1. The summed E-state index contributed by atoms with van der Waals surface area (Å²) in [6.07, 6.45) is 0.244. The summed E-state index contributed by atoms with van der Waals surface area (Å²) in [6.45, 7) is 6.91. The van der Waals surface area contributed by atoms with Crippen LogP contribution in [0.5, 0.6) is 11.5 Å². The minimum absolute atomic E-state index is 0. The van der Waals surface area contributed by atoms with Crippen LogP contribution in [0.25, 0.3) is 0 Å². The van der Waals surface area contributed by atoms with Gasteiger partial charge < -0.3 is 25.0 Å². The Morgan fingerprint density at radius 3 is 2.71 bits per heavy atom. The summed E-state index contributed by atoms with van der Waals surface area (Å²) in [7, 11) is 0. The van der Waals surface area contributed by atoms with Gasteiger partial charge in [0, 0.05) is 64.0 Å². The summed E-state index contributed by atoms with van der Waals surface area (Å²) in [5.41, 5.74) is 0.750. The Kier molecular flexibility index (Phi) is 6.98. The van der Waals surface area contributed by atoms with E-state index in [0.29, 0.717) is 37.8 Å². The quantitative estimate of drug-likeness (QED) is 0.724. The van der Waals surface area contributed by atoms with Gasteiger partial charge in [-0.05, 0) is 12.1 Å². The molecular weight excluding hydrogens is 384 g/mol. The van der Waals surface area contributed by atoms with Gasteiger partial charge in [0.25, 0.3) is 0 Å². The molecule has 3 aliphatic heterocycles. The third-order valence-electron chi connectivity index (χ3n) is 5.27. The molecule has 3 aliphatic rings. The molecule has 0 saturated carbocycles. The van der Waals surface area contributed by atoms with Crippen LogP contribution in [0.4, 0.5) is 5.69 Å². The zero-order chi connectivity index (χ0) is 18.6. The molecule has 3 heterocycles. The Balaban J connectivity index is 0.00000225. The van der Waals surface area contributed by atoms with E-state index in [9.17, 15) is 9.59 Å². The average Bonchev–Trinajstić information content (AvgIpc) is 3.10. The highest BCUT2D eigenvalue weighted by atomic mass is 35.5. The van der Waals surface area contributed by atoms with Crippen molar-refractivity contribution >= 4 is 29.9 Å². The van der Waals surface area contributed by atoms with Crippen LogP contribution in [0, 0.1) is 5.92 Å². The van der Waals surface area contributed by atoms with Crippen molar-refractivity contribution in [1.82, 2.24) is 15.5 Å². The molecule has 1 aromatic carbocycles. The first kappa shape index (κ1) is 20.7. The van der Waals surface area contributed by atoms with Crippen molar-refractivity contribution in [3.05, 3.63) is 18.2 Å². The number of rotatable bonds is 5. The first-order valence-electron chi connectivity index (χ1n) is 9.61. The van der Waals surface area contributed by atoms with Crippen LogP contribution < -0.4 is 25.0 Å². The van der Waals surface area contributed by atoms with Crippen LogP contribution >= 0.6 is 12.4 Å². The van der Waals surface area contributed by atoms with Crippen molar-refractivity contribution in [2.24, 2.45) is 5.92 Å². The van der Waals surface area contributed by atoms with Gasteiger partial charge in [-0.25, -0.2) is 0 Å². The van der Waals surface area contributed by atoms with Gasteiger partial charge in [0.15, 0.2) is 11.5 Å². The second-order valence-corrected chi connectivity index (χ2v) is 7.12. The number of amides is 2. The number of benzene rings is 1. The monoisotopic (exact) mass is 410 g/mol. The maximum absolute atomic E-state index is 12.5. The second kappa shape index (κ2) is 9.45. The summed E-state index contributed by atoms with van der Waals surface area (Å²) in [4.78, 5) is 28.9. The zero-order valence-corrected chi connectivity index (χ0v) is 16.6. The Morgan fingerprint density at radius 2 is 1.93 bits per heavy atom. The Labute approximate surface area is 170 Å². The fraction of sp³-hybridized carbons (Fsp3) is 0.579. The van der Waals surface area contributed by atoms with Gasteiger partial charge in [-0.15, -0.1) is 12.4 Å². The molecule has 0 aromatic heterocycles. The predicted octanol–water partition coefficient (Wildman–Crippen LogP) is 0.254. The van der Waals surface area contributed by atoms with Crippen molar-refractivity contribution in [1.29, 1.82) is 0 Å². The van der Waals surface area contributed by atoms with Gasteiger partial charge in [0.2, 0.25) is 11.8 Å². The molecule has 2 saturated heterocycles. The number of carbonyl (C=O) groups is 2. The number of fused-ring (bicyclic) bond motifs is 1. The molecule has 1 atom stereocenters. The second-order valence-electron chi connectivity index (χ2n) is 7.12. The molecule has 1 unspecified atom stereocenters. The number of hydrogen-bond donors (Lipinski definition) is 2. The predicted molar refractivity (Wildman–Crippen MR) is 107 cm³/mol. The van der Waals surface area contributed by atoms with E-state index in [-0.39, 0.29) is 36.6 Å². The molecular formula is C19H27ClN4O4. The molecule has 0 spiro atoms. The van der Waals surface area contributed by atoms with E-state index in [0.717, 1.165) is 38.4 Å². The van der Waals surface area contributed by atoms with Crippen LogP contribution in [0.2, 0.25) is 0 Å². The summed E-state index contributed by atoms with van der Waals surface area (Å²) in [5.74, 6) is 0.954. The standard InChI is InChI=1S/C19H26N4O4.ClH/c24-18-11-14(19(25)21-5-8-22-6-3-20-4-7-22)13-23(18)15-1-2-16-17(12-15)27-10-9-26-16;/h1-2,12,14,20H,3-11,13H2,(H,21,25);1H. The summed E-state index contributed by atoms with van der Waals surface area (Å²) < 4.78 is 11.1. The fourth-order valence-electron chi connectivity index (χ4n) is 3.75. The lowest BCUT2D eigenvalue weighted by Gasteiger charge is -2.27. The van der Waals surface area contributed by atoms with Crippen LogP contribution in [0.3, 0.4) is 0 Å². The Hall–Kier alpha value is -2.03. The largest absolute Gasteiger partial charge is 0.486 e. The smallest absolute Gasteiger partial charge is 0.227 e. The van der Waals surface area contributed by atoms with Crippen LogP contribution in [0.15, 0.2) is 18.2 Å². The van der Waals surface area contributed by atoms with E-state index in [4.69, 9.17) is 9.47 Å². The number of ether oxygens (including phenoxy) is 2. The van der Waals surface area contributed by atoms with E-state index in [2.05, 4.69) is 15.5 Å². The highest BCUT2D eigenvalue weighted by Crippen LogP contribution is 2.35. The lowest BCUT2D eigenvalue weighted by Crippen LogP contribution is -2.46. The molecule has 4 rings (SSSR count). The maximum Gasteiger partial charge on any atom is 0.227 e. The average molecular weight is 411 g/mol. The lowest BCUT2D eigenvalue weighted by molar-refractivity contribution is -0.126. The van der Waals surface area contributed by atoms with Crippen molar-refractivity contribution in [2.45, 2.75) is 6.42 Å². The van der Waals surface area contributed by atoms with E-state index in [1.807, 2.05) is 18.2 Å². The zero-order valence-electron chi connectivity index (χ0n) is 15.8. The van der Waals surface area contributed by atoms with Crippen LogP contribution in [0.1, 0.15) is 6.42 Å². The number of anilines is 1. The number of nitrogens with one attached hydrogen (secondary N) is 2. The van der Waals surface area contributed by atoms with Gasteiger partial charge in [0.1, 0.15) is 13.2 Å². The number of nitrogens with zero attached hydrogens (tertiary/aromatic N) is 2. The maximum atomic E-state index is 12.5. The molecule has 28 heavy (non-hydrogen) atoms. The molecule has 8 nitrogen and oxygen atoms in total. The normalized spacial score (nSPS) is 21.9. The Bertz CT molecular complexity index is 711. The van der Waals surface area contributed by atoms with Crippen LogP contribution in [-0.4, -0.2) is 75.7 Å². The number of carbonyl (C=O) groups excluding carboxylic acids is 2. The van der Waals surface area contributed by atoms with Gasteiger partial charge in [-0.1, -0.05) is 0 Å². The number of piperazine rings is 1. The highest BCUT2D eigenvalue weighted by Gasteiger charge is 2.35. The SMILES string of the molecule is Cl.O=C(NCCN1CCNCC1)C1CC(=O)N(c2ccc3c(c2)OCCO3)C1. The third kappa shape index (κ3) is 4.68. The van der Waals surface area contributed by atoms with Gasteiger partial charge in [-0.3, -0.25) is 14.5 Å². The molecule has 0 bridgehead atoms. The van der Waals surface area contributed by atoms with E-state index in [1.165, 1.54) is 0 Å². The van der Waals surface area contributed by atoms with E-state index >= 15 is 0 Å². The molecule has 0 aliphatic carbocycles. The topological polar surface area (TPSA) is 83.1 Å². The Morgan fingerprint density at radius 1 is 1.18 bits per heavy atom. The lowest BCUT2D eigenvalue weighted by atomic mass is 10.1. The van der Waals surface area contributed by atoms with Crippen LogP contribution in [-0.2, 0) is 9.59 Å². The third-order valence-corrected chi connectivity index (χ3v) is 5.27. The van der Waals surface area contributed by atoms with Crippen molar-refractivity contribution < 1.29 is 19.1 Å². The highest BCUT2D eigenvalue weighted by molar-refractivity contribution is 6.00. The fourth-order valence-corrected chi connectivity index (χ4v) is 3.75. The van der Waals surface area contributed by atoms with E-state index in [1.54, 1.807) is 4.90 Å². The van der Waals surface area contributed by atoms with Gasteiger partial charge >= 0.3 is 0 Å². The van der Waals surface area contributed by atoms with Gasteiger partial charge in [-0.2, -0.15) is 0 Å². The summed E-state index contributed by atoms with van der Waals surface area (Å²) in [6, 6.07) is 5.48. The molecule has 0 radical (unpaired) electrons. The minimum atomic E-state index is -0.311. The van der Waals surface area contributed by atoms with Crippen molar-refractivity contribution in [3.8, 4) is 11.5 Å². The molecule has 2 fully saturated rings. The molecule has 1 aromatic rings. The molecule has 2 N–H and O–H groups in total. The summed E-state index contributed by atoms with van der Waals surface area (Å²) >= 11 is 0.